The van der Waals surface area contributed by atoms with Gasteiger partial charge in [-0.1, -0.05) is 20.3 Å². The largest absolute Gasteiger partial charge is 0.386 e. The van der Waals surface area contributed by atoms with Crippen LogP contribution in [0.2, 0.25) is 0 Å². The lowest BCUT2D eigenvalue weighted by Gasteiger charge is -2.29. The minimum Gasteiger partial charge on any atom is -0.386 e. The fourth-order valence-electron chi connectivity index (χ4n) is 2.01. The van der Waals surface area contributed by atoms with Gasteiger partial charge in [-0.2, -0.15) is 0 Å². The highest BCUT2D eigenvalue weighted by molar-refractivity contribution is 5.99. The summed E-state index contributed by atoms with van der Waals surface area (Å²) in [6, 6.07) is 2.05. The van der Waals surface area contributed by atoms with Gasteiger partial charge in [0.2, 0.25) is 0 Å². The van der Waals surface area contributed by atoms with Crippen molar-refractivity contribution in [3.8, 4) is 0 Å². The van der Waals surface area contributed by atoms with E-state index in [4.69, 9.17) is 0 Å². The maximum absolute atomic E-state index is 12.7. The number of unbranched alkanes of at least 4 members (excludes halogenated alkanes) is 1. The highest BCUT2D eigenvalue weighted by Crippen LogP contribution is 2.18. The lowest BCUT2D eigenvalue weighted by atomic mass is 10.1. The van der Waals surface area contributed by atoms with E-state index in [0.29, 0.717) is 5.56 Å². The smallest absolute Gasteiger partial charge is 0.256 e. The van der Waals surface area contributed by atoms with Gasteiger partial charge in [0.25, 0.3) is 5.91 Å². The standard InChI is InChI=1S/C15H25N3O/c1-5-7-10-18(12(3)6-2)15(19)13-8-9-17-11-14(13)16-4/h8-9,11-12,16H,5-7,10H2,1-4H3. The van der Waals surface area contributed by atoms with Crippen LogP contribution in [-0.4, -0.2) is 35.4 Å². The Bertz CT molecular complexity index is 406. The third-order valence-corrected chi connectivity index (χ3v) is 3.46. The second-order valence-electron chi connectivity index (χ2n) is 4.78. The summed E-state index contributed by atoms with van der Waals surface area (Å²) in [4.78, 5) is 18.7. The molecule has 1 rings (SSSR count). The Morgan fingerprint density at radius 2 is 2.21 bits per heavy atom. The monoisotopic (exact) mass is 263 g/mol. The van der Waals surface area contributed by atoms with Crippen LogP contribution in [0.1, 0.15) is 50.4 Å². The summed E-state index contributed by atoms with van der Waals surface area (Å²) >= 11 is 0. The van der Waals surface area contributed by atoms with Gasteiger partial charge in [0, 0.05) is 25.8 Å². The van der Waals surface area contributed by atoms with E-state index < -0.39 is 0 Å². The van der Waals surface area contributed by atoms with Crippen molar-refractivity contribution in [2.45, 2.75) is 46.1 Å². The van der Waals surface area contributed by atoms with Gasteiger partial charge in [0.05, 0.1) is 17.4 Å². The molecule has 1 atom stereocenters. The summed E-state index contributed by atoms with van der Waals surface area (Å²) in [7, 11) is 1.81. The molecule has 1 aromatic heterocycles. The minimum absolute atomic E-state index is 0.0922. The fraction of sp³-hybridized carbons (Fsp3) is 0.600. The first-order valence-corrected chi connectivity index (χ1v) is 7.08. The second-order valence-corrected chi connectivity index (χ2v) is 4.78. The number of nitrogens with zero attached hydrogens (tertiary/aromatic N) is 2. The number of aromatic nitrogens is 1. The maximum atomic E-state index is 12.7. The van der Waals surface area contributed by atoms with Gasteiger partial charge in [0.1, 0.15) is 0 Å². The molecule has 1 amide bonds. The molecule has 0 saturated carbocycles. The third-order valence-electron chi connectivity index (χ3n) is 3.46. The average Bonchev–Trinajstić information content (AvgIpc) is 2.46. The van der Waals surface area contributed by atoms with E-state index in [1.807, 2.05) is 11.9 Å². The molecule has 1 heterocycles. The van der Waals surface area contributed by atoms with Crippen molar-refractivity contribution >= 4 is 11.6 Å². The SMILES string of the molecule is CCCCN(C(=O)c1ccncc1NC)C(C)CC. The van der Waals surface area contributed by atoms with E-state index in [-0.39, 0.29) is 11.9 Å². The molecule has 0 radical (unpaired) electrons. The maximum Gasteiger partial charge on any atom is 0.256 e. The normalized spacial score (nSPS) is 12.0. The molecule has 0 aromatic carbocycles. The molecule has 0 aliphatic rings. The molecule has 106 valence electrons. The van der Waals surface area contributed by atoms with Crippen LogP contribution in [0, 0.1) is 0 Å². The molecule has 1 aromatic rings. The molecule has 0 aliphatic heterocycles. The quantitative estimate of drug-likeness (QED) is 0.822. The summed E-state index contributed by atoms with van der Waals surface area (Å²) in [6.07, 6.45) is 6.46. The van der Waals surface area contributed by atoms with E-state index in [1.54, 1.807) is 18.5 Å². The number of hydrogen-bond donors (Lipinski definition) is 1. The van der Waals surface area contributed by atoms with E-state index in [0.717, 1.165) is 31.5 Å². The first-order valence-electron chi connectivity index (χ1n) is 7.08. The second kappa shape index (κ2) is 7.77. The Balaban J connectivity index is 2.97. The molecule has 1 unspecified atom stereocenters. The molecule has 19 heavy (non-hydrogen) atoms. The van der Waals surface area contributed by atoms with Crippen LogP contribution >= 0.6 is 0 Å². The lowest BCUT2D eigenvalue weighted by molar-refractivity contribution is 0.0686. The third kappa shape index (κ3) is 3.94. The predicted molar refractivity (Wildman–Crippen MR) is 79.5 cm³/mol. The van der Waals surface area contributed by atoms with Crippen LogP contribution in [0.5, 0.6) is 0 Å². The summed E-state index contributed by atoms with van der Waals surface area (Å²) in [5.74, 6) is 0.0922. The molecular formula is C15H25N3O. The zero-order valence-electron chi connectivity index (χ0n) is 12.4. The minimum atomic E-state index is 0.0922. The van der Waals surface area contributed by atoms with Crippen molar-refractivity contribution in [1.82, 2.24) is 9.88 Å². The molecule has 4 heteroatoms. The number of rotatable bonds is 7. The number of anilines is 1. The number of nitrogens with one attached hydrogen (secondary N) is 1. The molecule has 1 N–H and O–H groups in total. The van der Waals surface area contributed by atoms with E-state index in [9.17, 15) is 4.79 Å². The predicted octanol–water partition coefficient (Wildman–Crippen LogP) is 3.16. The van der Waals surface area contributed by atoms with Crippen LogP contribution in [0.25, 0.3) is 0 Å². The summed E-state index contributed by atoms with van der Waals surface area (Å²) in [5, 5.41) is 3.03. The van der Waals surface area contributed by atoms with Gasteiger partial charge in [-0.25, -0.2) is 0 Å². The molecule has 0 saturated heterocycles. The van der Waals surface area contributed by atoms with Crippen molar-refractivity contribution in [1.29, 1.82) is 0 Å². The average molecular weight is 263 g/mol. The van der Waals surface area contributed by atoms with Crippen LogP contribution < -0.4 is 5.32 Å². The van der Waals surface area contributed by atoms with Gasteiger partial charge in [-0.05, 0) is 25.8 Å². The van der Waals surface area contributed by atoms with Gasteiger partial charge >= 0.3 is 0 Å². The van der Waals surface area contributed by atoms with Crippen LogP contribution in [-0.2, 0) is 0 Å². The highest BCUT2D eigenvalue weighted by Gasteiger charge is 2.21. The Morgan fingerprint density at radius 1 is 1.47 bits per heavy atom. The molecule has 0 spiro atoms. The number of hydrogen-bond acceptors (Lipinski definition) is 3. The first-order chi connectivity index (χ1) is 9.15. The zero-order valence-corrected chi connectivity index (χ0v) is 12.4. The van der Waals surface area contributed by atoms with Crippen LogP contribution in [0.4, 0.5) is 5.69 Å². The summed E-state index contributed by atoms with van der Waals surface area (Å²) in [5.41, 5.74) is 1.49. The van der Waals surface area contributed by atoms with Gasteiger partial charge in [-0.15, -0.1) is 0 Å². The topological polar surface area (TPSA) is 45.2 Å². The Hall–Kier alpha value is -1.58. The van der Waals surface area contributed by atoms with Crippen molar-refractivity contribution in [3.63, 3.8) is 0 Å². The van der Waals surface area contributed by atoms with E-state index >= 15 is 0 Å². The Labute approximate surface area is 116 Å². The molecule has 0 aliphatic carbocycles. The van der Waals surface area contributed by atoms with Crippen molar-refractivity contribution < 1.29 is 4.79 Å². The molecule has 0 bridgehead atoms. The Morgan fingerprint density at radius 3 is 2.79 bits per heavy atom. The van der Waals surface area contributed by atoms with Gasteiger partial charge in [-0.3, -0.25) is 9.78 Å². The van der Waals surface area contributed by atoms with Gasteiger partial charge in [0.15, 0.2) is 0 Å². The highest BCUT2D eigenvalue weighted by atomic mass is 16.2. The zero-order chi connectivity index (χ0) is 14.3. The van der Waals surface area contributed by atoms with Crippen molar-refractivity contribution in [3.05, 3.63) is 24.0 Å². The molecule has 0 fully saturated rings. The number of carbonyl (C=O) groups is 1. The van der Waals surface area contributed by atoms with E-state index in [1.165, 1.54) is 0 Å². The fourth-order valence-corrected chi connectivity index (χ4v) is 2.01. The summed E-state index contributed by atoms with van der Waals surface area (Å²) in [6.45, 7) is 7.18. The number of amides is 1. The molecular weight excluding hydrogens is 238 g/mol. The number of carbonyl (C=O) groups excluding carboxylic acids is 1. The Kier molecular flexibility index (Phi) is 6.33. The molecule has 4 nitrogen and oxygen atoms in total. The van der Waals surface area contributed by atoms with Gasteiger partial charge < -0.3 is 10.2 Å². The van der Waals surface area contributed by atoms with Crippen molar-refractivity contribution in [2.24, 2.45) is 0 Å². The van der Waals surface area contributed by atoms with E-state index in [2.05, 4.69) is 31.1 Å². The lowest BCUT2D eigenvalue weighted by Crippen LogP contribution is -2.39. The van der Waals surface area contributed by atoms with Crippen molar-refractivity contribution in [2.75, 3.05) is 18.9 Å². The van der Waals surface area contributed by atoms with Crippen LogP contribution in [0.15, 0.2) is 18.5 Å². The summed E-state index contributed by atoms with van der Waals surface area (Å²) < 4.78 is 0. The van der Waals surface area contributed by atoms with Crippen LogP contribution in [0.3, 0.4) is 0 Å². The first kappa shape index (κ1) is 15.5. The number of pyridine rings is 1.